The first kappa shape index (κ1) is 22.0. The highest BCUT2D eigenvalue weighted by molar-refractivity contribution is 6.30. The van der Waals surface area contributed by atoms with E-state index in [2.05, 4.69) is 0 Å². The first-order chi connectivity index (χ1) is 14.7. The second-order valence-corrected chi connectivity index (χ2v) is 7.20. The molecule has 2 aromatic carbocycles. The van der Waals surface area contributed by atoms with E-state index in [0.717, 1.165) is 7.11 Å². The minimum atomic E-state index is -1.15. The van der Waals surface area contributed by atoms with Gasteiger partial charge in [-0.25, -0.2) is 0 Å². The summed E-state index contributed by atoms with van der Waals surface area (Å²) < 4.78 is 9.78. The summed E-state index contributed by atoms with van der Waals surface area (Å²) >= 11 is 0. The maximum atomic E-state index is 13.1. The number of ether oxygens (including phenoxy) is 2. The first-order valence-corrected chi connectivity index (χ1v) is 9.71. The van der Waals surface area contributed by atoms with Gasteiger partial charge in [-0.3, -0.25) is 19.2 Å². The minimum Gasteiger partial charge on any atom is -0.507 e. The lowest BCUT2D eigenvalue weighted by Gasteiger charge is -2.27. The van der Waals surface area contributed by atoms with Gasteiger partial charge in [0.15, 0.2) is 11.6 Å². The van der Waals surface area contributed by atoms with Gasteiger partial charge < -0.3 is 19.7 Å². The molecule has 8 heteroatoms. The van der Waals surface area contributed by atoms with E-state index in [-0.39, 0.29) is 28.9 Å². The molecule has 0 aliphatic heterocycles. The SMILES string of the molecule is CCOC(=O)C(C)c1c(O)c2c(c(O)c1C(C)C(=O)OC)C(=O)c1ccccc1C2=O. The molecule has 3 rings (SSSR count). The Labute approximate surface area is 178 Å². The van der Waals surface area contributed by atoms with Gasteiger partial charge in [0.25, 0.3) is 0 Å². The maximum absolute atomic E-state index is 13.1. The van der Waals surface area contributed by atoms with Crippen molar-refractivity contribution < 1.29 is 38.9 Å². The fourth-order valence-corrected chi connectivity index (χ4v) is 3.91. The number of hydrogen-bond donors (Lipinski definition) is 2. The summed E-state index contributed by atoms with van der Waals surface area (Å²) in [5.41, 5.74) is -1.01. The van der Waals surface area contributed by atoms with Crippen molar-refractivity contribution in [1.29, 1.82) is 0 Å². The van der Waals surface area contributed by atoms with Crippen molar-refractivity contribution in [2.45, 2.75) is 32.6 Å². The van der Waals surface area contributed by atoms with E-state index < -0.39 is 58.0 Å². The van der Waals surface area contributed by atoms with Crippen LogP contribution < -0.4 is 0 Å². The van der Waals surface area contributed by atoms with Gasteiger partial charge in [-0.15, -0.1) is 0 Å². The predicted octanol–water partition coefficient (Wildman–Crippen LogP) is 2.82. The number of carbonyl (C=O) groups is 4. The molecule has 0 bridgehead atoms. The number of methoxy groups -OCH3 is 1. The van der Waals surface area contributed by atoms with Crippen molar-refractivity contribution in [3.8, 4) is 11.5 Å². The van der Waals surface area contributed by atoms with Gasteiger partial charge in [0.05, 0.1) is 36.7 Å². The van der Waals surface area contributed by atoms with E-state index in [1.165, 1.54) is 26.0 Å². The number of rotatable bonds is 5. The summed E-state index contributed by atoms with van der Waals surface area (Å²) in [5, 5.41) is 22.2. The third-order valence-corrected chi connectivity index (χ3v) is 5.46. The van der Waals surface area contributed by atoms with Crippen LogP contribution in [0.4, 0.5) is 0 Å². The van der Waals surface area contributed by atoms with Crippen molar-refractivity contribution in [3.63, 3.8) is 0 Å². The molecule has 0 spiro atoms. The third-order valence-electron chi connectivity index (χ3n) is 5.46. The molecule has 31 heavy (non-hydrogen) atoms. The van der Waals surface area contributed by atoms with E-state index in [1.54, 1.807) is 19.1 Å². The topological polar surface area (TPSA) is 127 Å². The number of esters is 2. The minimum absolute atomic E-state index is 0.0630. The number of aromatic hydroxyl groups is 2. The summed E-state index contributed by atoms with van der Waals surface area (Å²) in [4.78, 5) is 51.0. The lowest BCUT2D eigenvalue weighted by atomic mass is 9.76. The summed E-state index contributed by atoms with van der Waals surface area (Å²) in [5.74, 6) is -6.42. The van der Waals surface area contributed by atoms with Crippen LogP contribution in [-0.2, 0) is 19.1 Å². The number of carbonyl (C=O) groups excluding carboxylic acids is 4. The fraction of sp³-hybridized carbons (Fsp3) is 0.304. The van der Waals surface area contributed by atoms with Crippen LogP contribution in [0.25, 0.3) is 0 Å². The molecule has 0 saturated carbocycles. The molecule has 0 fully saturated rings. The molecule has 8 nitrogen and oxygen atoms in total. The highest BCUT2D eigenvalue weighted by Crippen LogP contribution is 2.48. The van der Waals surface area contributed by atoms with E-state index in [1.807, 2.05) is 0 Å². The van der Waals surface area contributed by atoms with E-state index in [9.17, 15) is 29.4 Å². The van der Waals surface area contributed by atoms with Gasteiger partial charge >= 0.3 is 11.9 Å². The fourth-order valence-electron chi connectivity index (χ4n) is 3.91. The van der Waals surface area contributed by atoms with Crippen molar-refractivity contribution in [3.05, 3.63) is 57.6 Å². The predicted molar refractivity (Wildman–Crippen MR) is 109 cm³/mol. The van der Waals surface area contributed by atoms with Crippen LogP contribution in [0.1, 0.15) is 75.6 Å². The monoisotopic (exact) mass is 426 g/mol. The summed E-state index contributed by atoms with van der Waals surface area (Å²) in [7, 11) is 1.15. The highest BCUT2D eigenvalue weighted by Gasteiger charge is 2.41. The van der Waals surface area contributed by atoms with Crippen molar-refractivity contribution in [2.24, 2.45) is 0 Å². The van der Waals surface area contributed by atoms with E-state index in [4.69, 9.17) is 9.47 Å². The average Bonchev–Trinajstić information content (AvgIpc) is 2.77. The highest BCUT2D eigenvalue weighted by atomic mass is 16.5. The van der Waals surface area contributed by atoms with Gasteiger partial charge in [-0.2, -0.15) is 0 Å². The summed E-state index contributed by atoms with van der Waals surface area (Å²) in [6.45, 7) is 4.48. The molecule has 2 atom stereocenters. The van der Waals surface area contributed by atoms with E-state index in [0.29, 0.717) is 0 Å². The Morgan fingerprint density at radius 1 is 0.871 bits per heavy atom. The van der Waals surface area contributed by atoms with Crippen LogP contribution in [0.3, 0.4) is 0 Å². The standard InChI is InChI=1S/C23H22O8/c1-5-31-23(29)11(3)15-14(10(2)22(28)30-4)20(26)16-17(21(15)27)19(25)13-9-7-6-8-12(13)18(16)24/h6-11,26-27H,5H2,1-4H3. The largest absolute Gasteiger partial charge is 0.507 e. The molecule has 2 aromatic rings. The van der Waals surface area contributed by atoms with Gasteiger partial charge in [0.1, 0.15) is 11.5 Å². The molecule has 0 radical (unpaired) electrons. The Bertz CT molecular complexity index is 1120. The molecule has 0 aromatic heterocycles. The number of fused-ring (bicyclic) bond motifs is 2. The number of benzene rings is 2. The number of phenolic OH excluding ortho intramolecular Hbond substituents is 2. The van der Waals surface area contributed by atoms with Crippen molar-refractivity contribution in [1.82, 2.24) is 0 Å². The lowest BCUT2D eigenvalue weighted by Crippen LogP contribution is -2.25. The van der Waals surface area contributed by atoms with E-state index >= 15 is 0 Å². The molecule has 162 valence electrons. The third kappa shape index (κ3) is 3.34. The molecule has 1 aliphatic rings. The van der Waals surface area contributed by atoms with Crippen LogP contribution in [0, 0.1) is 0 Å². The first-order valence-electron chi connectivity index (χ1n) is 9.71. The van der Waals surface area contributed by atoms with Gasteiger partial charge in [-0.1, -0.05) is 24.3 Å². The van der Waals surface area contributed by atoms with Crippen LogP contribution in [0.2, 0.25) is 0 Å². The second kappa shape index (κ2) is 8.22. The Morgan fingerprint density at radius 2 is 1.29 bits per heavy atom. The van der Waals surface area contributed by atoms with Crippen LogP contribution >= 0.6 is 0 Å². The number of phenols is 2. The van der Waals surface area contributed by atoms with Crippen LogP contribution in [-0.4, -0.2) is 47.4 Å². The Hall–Kier alpha value is -3.68. The van der Waals surface area contributed by atoms with Gasteiger partial charge in [0, 0.05) is 22.3 Å². The zero-order valence-electron chi connectivity index (χ0n) is 17.5. The molecule has 2 N–H and O–H groups in total. The van der Waals surface area contributed by atoms with Crippen LogP contribution in [0.15, 0.2) is 24.3 Å². The normalized spacial score (nSPS) is 14.3. The van der Waals surface area contributed by atoms with Crippen molar-refractivity contribution in [2.75, 3.05) is 13.7 Å². The van der Waals surface area contributed by atoms with Gasteiger partial charge in [0.2, 0.25) is 0 Å². The number of ketones is 2. The summed E-state index contributed by atoms with van der Waals surface area (Å²) in [6.07, 6.45) is 0. The quantitative estimate of drug-likeness (QED) is 0.471. The van der Waals surface area contributed by atoms with Crippen LogP contribution in [0.5, 0.6) is 11.5 Å². The van der Waals surface area contributed by atoms with Gasteiger partial charge in [-0.05, 0) is 20.8 Å². The molecule has 0 amide bonds. The summed E-state index contributed by atoms with van der Waals surface area (Å²) in [6, 6.07) is 6.02. The Kier molecular flexibility index (Phi) is 5.83. The average molecular weight is 426 g/mol. The molecule has 2 unspecified atom stereocenters. The Balaban J connectivity index is 2.40. The Morgan fingerprint density at radius 3 is 1.68 bits per heavy atom. The molecule has 0 saturated heterocycles. The zero-order chi connectivity index (χ0) is 23.0. The molecule has 1 aliphatic carbocycles. The number of hydrogen-bond acceptors (Lipinski definition) is 8. The molecular formula is C23H22O8. The smallest absolute Gasteiger partial charge is 0.313 e. The molecule has 0 heterocycles. The second-order valence-electron chi connectivity index (χ2n) is 7.20. The molecular weight excluding hydrogens is 404 g/mol. The zero-order valence-corrected chi connectivity index (χ0v) is 17.5. The maximum Gasteiger partial charge on any atom is 0.313 e. The lowest BCUT2D eigenvalue weighted by molar-refractivity contribution is -0.145. The van der Waals surface area contributed by atoms with Crippen molar-refractivity contribution >= 4 is 23.5 Å².